The first-order valence-electron chi connectivity index (χ1n) is 2.91. The van der Waals surface area contributed by atoms with E-state index in [1.165, 1.54) is 0 Å². The van der Waals surface area contributed by atoms with Crippen LogP contribution in [0.1, 0.15) is 20.3 Å². The predicted molar refractivity (Wildman–Crippen MR) is 38.5 cm³/mol. The number of rotatable bonds is 2. The van der Waals surface area contributed by atoms with E-state index in [-0.39, 0.29) is 0 Å². The Kier molecular flexibility index (Phi) is 4.23. The van der Waals surface area contributed by atoms with E-state index in [0.717, 1.165) is 12.1 Å². The Morgan fingerprint density at radius 2 is 2.25 bits per heavy atom. The van der Waals surface area contributed by atoms with Crippen molar-refractivity contribution >= 4 is 5.71 Å². The van der Waals surface area contributed by atoms with Crippen molar-refractivity contribution in [1.29, 1.82) is 0 Å². The minimum absolute atomic E-state index is 1.09. The van der Waals surface area contributed by atoms with Crippen LogP contribution in [0.4, 0.5) is 0 Å². The molecule has 0 rings (SSSR count). The van der Waals surface area contributed by atoms with Gasteiger partial charge in [0.05, 0.1) is 0 Å². The van der Waals surface area contributed by atoms with E-state index in [9.17, 15) is 0 Å². The molecule has 8 heavy (non-hydrogen) atoms. The molecule has 0 amide bonds. The number of aliphatic imine (C=N–C) groups is 1. The zero-order valence-electron chi connectivity index (χ0n) is 5.81. The third-order valence-corrected chi connectivity index (χ3v) is 0.947. The SMILES string of the molecule is CCC=CC(C)=NC. The van der Waals surface area contributed by atoms with E-state index >= 15 is 0 Å². The fraction of sp³-hybridized carbons (Fsp3) is 0.571. The molecule has 0 aliphatic heterocycles. The molecule has 0 bridgehead atoms. The van der Waals surface area contributed by atoms with E-state index in [1.807, 2.05) is 13.0 Å². The summed E-state index contributed by atoms with van der Waals surface area (Å²) >= 11 is 0. The maximum Gasteiger partial charge on any atom is 0.0310 e. The maximum absolute atomic E-state index is 3.96. The highest BCUT2D eigenvalue weighted by Gasteiger charge is 1.74. The van der Waals surface area contributed by atoms with Crippen LogP contribution in [0.3, 0.4) is 0 Å². The van der Waals surface area contributed by atoms with Crippen LogP contribution in [0, 0.1) is 0 Å². The van der Waals surface area contributed by atoms with Crippen LogP contribution in [-0.4, -0.2) is 12.8 Å². The van der Waals surface area contributed by atoms with Crippen molar-refractivity contribution in [1.82, 2.24) is 0 Å². The number of allylic oxidation sites excluding steroid dienone is 2. The predicted octanol–water partition coefficient (Wildman–Crippen LogP) is 2.04. The molecule has 46 valence electrons. The lowest BCUT2D eigenvalue weighted by Gasteiger charge is -1.83. The highest BCUT2D eigenvalue weighted by molar-refractivity contribution is 5.92. The molecule has 0 aliphatic rings. The second-order valence-electron chi connectivity index (χ2n) is 1.68. The van der Waals surface area contributed by atoms with Crippen molar-refractivity contribution < 1.29 is 0 Å². The third-order valence-electron chi connectivity index (χ3n) is 0.947. The molecule has 1 nitrogen and oxygen atoms in total. The third kappa shape index (κ3) is 3.59. The van der Waals surface area contributed by atoms with Gasteiger partial charge in [-0.2, -0.15) is 0 Å². The van der Waals surface area contributed by atoms with E-state index < -0.39 is 0 Å². The zero-order chi connectivity index (χ0) is 6.41. The molecule has 0 spiro atoms. The van der Waals surface area contributed by atoms with Gasteiger partial charge in [0.1, 0.15) is 0 Å². The normalized spacial score (nSPS) is 13.1. The van der Waals surface area contributed by atoms with Crippen LogP contribution < -0.4 is 0 Å². The molecular formula is C7H13N. The average Bonchev–Trinajstić information content (AvgIpc) is 1.83. The maximum atomic E-state index is 3.96. The summed E-state index contributed by atoms with van der Waals surface area (Å²) in [5.41, 5.74) is 1.09. The Hall–Kier alpha value is -0.590. The minimum atomic E-state index is 1.09. The van der Waals surface area contributed by atoms with E-state index in [1.54, 1.807) is 7.05 Å². The molecule has 0 saturated carbocycles. The smallest absolute Gasteiger partial charge is 0.0310 e. The van der Waals surface area contributed by atoms with Gasteiger partial charge < -0.3 is 0 Å². The topological polar surface area (TPSA) is 12.4 Å². The lowest BCUT2D eigenvalue weighted by Crippen LogP contribution is -1.80. The number of nitrogens with zero attached hydrogens (tertiary/aromatic N) is 1. The second kappa shape index (κ2) is 4.57. The molecule has 0 aromatic carbocycles. The number of hydrogen-bond acceptors (Lipinski definition) is 1. The summed E-state index contributed by atoms with van der Waals surface area (Å²) in [6.07, 6.45) is 5.22. The molecule has 0 radical (unpaired) electrons. The summed E-state index contributed by atoms with van der Waals surface area (Å²) in [4.78, 5) is 3.96. The molecule has 0 unspecified atom stereocenters. The van der Waals surface area contributed by atoms with Gasteiger partial charge in [0.2, 0.25) is 0 Å². The zero-order valence-corrected chi connectivity index (χ0v) is 5.81. The molecule has 0 heterocycles. The van der Waals surface area contributed by atoms with Gasteiger partial charge in [-0.3, -0.25) is 4.99 Å². The fourth-order valence-corrected chi connectivity index (χ4v) is 0.363. The molecule has 0 aromatic heterocycles. The molecule has 0 N–H and O–H groups in total. The first-order valence-corrected chi connectivity index (χ1v) is 2.91. The van der Waals surface area contributed by atoms with Crippen molar-refractivity contribution in [2.45, 2.75) is 20.3 Å². The van der Waals surface area contributed by atoms with Gasteiger partial charge in [-0.1, -0.05) is 13.0 Å². The second-order valence-corrected chi connectivity index (χ2v) is 1.68. The Balaban J connectivity index is 3.53. The van der Waals surface area contributed by atoms with Gasteiger partial charge in [-0.25, -0.2) is 0 Å². The van der Waals surface area contributed by atoms with Crippen molar-refractivity contribution in [3.05, 3.63) is 12.2 Å². The van der Waals surface area contributed by atoms with Crippen molar-refractivity contribution in [3.63, 3.8) is 0 Å². The van der Waals surface area contributed by atoms with E-state index in [2.05, 4.69) is 18.0 Å². The molecule has 0 aromatic rings. The average molecular weight is 111 g/mol. The fourth-order valence-electron chi connectivity index (χ4n) is 0.363. The molecule has 0 atom stereocenters. The Bertz CT molecular complexity index is 101. The van der Waals surface area contributed by atoms with Gasteiger partial charge in [-0.15, -0.1) is 0 Å². The molecule has 0 aliphatic carbocycles. The van der Waals surface area contributed by atoms with Gasteiger partial charge in [0.15, 0.2) is 0 Å². The minimum Gasteiger partial charge on any atom is -0.293 e. The van der Waals surface area contributed by atoms with Crippen LogP contribution >= 0.6 is 0 Å². The Morgan fingerprint density at radius 3 is 2.62 bits per heavy atom. The molecule has 1 heteroatoms. The van der Waals surface area contributed by atoms with Crippen LogP contribution in [0.25, 0.3) is 0 Å². The highest BCUT2D eigenvalue weighted by Crippen LogP contribution is 1.81. The van der Waals surface area contributed by atoms with Gasteiger partial charge in [0, 0.05) is 12.8 Å². The van der Waals surface area contributed by atoms with Crippen LogP contribution in [0.5, 0.6) is 0 Å². The largest absolute Gasteiger partial charge is 0.293 e. The van der Waals surface area contributed by atoms with Gasteiger partial charge in [0.25, 0.3) is 0 Å². The summed E-state index contributed by atoms with van der Waals surface area (Å²) in [7, 11) is 1.80. The lowest BCUT2D eigenvalue weighted by atomic mass is 10.3. The van der Waals surface area contributed by atoms with Crippen molar-refractivity contribution in [3.8, 4) is 0 Å². The Morgan fingerprint density at radius 1 is 1.62 bits per heavy atom. The summed E-state index contributed by atoms with van der Waals surface area (Å²) in [6.45, 7) is 4.10. The molecule has 0 fully saturated rings. The van der Waals surface area contributed by atoms with Crippen LogP contribution in [0.2, 0.25) is 0 Å². The van der Waals surface area contributed by atoms with Crippen LogP contribution in [-0.2, 0) is 0 Å². The van der Waals surface area contributed by atoms with Gasteiger partial charge in [-0.05, 0) is 19.4 Å². The summed E-state index contributed by atoms with van der Waals surface area (Å²) in [6, 6.07) is 0. The first-order chi connectivity index (χ1) is 3.81. The summed E-state index contributed by atoms with van der Waals surface area (Å²) in [5, 5.41) is 0. The van der Waals surface area contributed by atoms with Crippen molar-refractivity contribution in [2.75, 3.05) is 7.05 Å². The van der Waals surface area contributed by atoms with Crippen molar-refractivity contribution in [2.24, 2.45) is 4.99 Å². The van der Waals surface area contributed by atoms with Crippen LogP contribution in [0.15, 0.2) is 17.1 Å². The quantitative estimate of drug-likeness (QED) is 0.483. The standard InChI is InChI=1S/C7H13N/c1-4-5-6-7(2)8-3/h5-6H,4H2,1-3H3. The number of hydrogen-bond donors (Lipinski definition) is 0. The van der Waals surface area contributed by atoms with E-state index in [4.69, 9.17) is 0 Å². The summed E-state index contributed by atoms with van der Waals surface area (Å²) in [5.74, 6) is 0. The molecular weight excluding hydrogens is 98.1 g/mol. The summed E-state index contributed by atoms with van der Waals surface area (Å²) < 4.78 is 0. The van der Waals surface area contributed by atoms with E-state index in [0.29, 0.717) is 0 Å². The highest BCUT2D eigenvalue weighted by atomic mass is 14.7. The first kappa shape index (κ1) is 7.41. The Labute approximate surface area is 51.1 Å². The lowest BCUT2D eigenvalue weighted by molar-refractivity contribution is 1.22. The monoisotopic (exact) mass is 111 g/mol. The molecule has 0 saturated heterocycles. The van der Waals surface area contributed by atoms with Gasteiger partial charge >= 0.3 is 0 Å².